The van der Waals surface area contributed by atoms with E-state index in [4.69, 9.17) is 22.4 Å². The molecule has 0 radical (unpaired) electrons. The van der Waals surface area contributed by atoms with E-state index in [1.165, 1.54) is 11.3 Å². The van der Waals surface area contributed by atoms with Gasteiger partial charge >= 0.3 is 5.97 Å². The van der Waals surface area contributed by atoms with E-state index in [0.29, 0.717) is 10.7 Å². The van der Waals surface area contributed by atoms with E-state index in [0.717, 1.165) is 10.6 Å². The predicted molar refractivity (Wildman–Crippen MR) is 71.9 cm³/mol. The molecule has 1 aromatic heterocycles. The van der Waals surface area contributed by atoms with Crippen LogP contribution in [0.3, 0.4) is 0 Å². The molecule has 0 saturated carbocycles. The summed E-state index contributed by atoms with van der Waals surface area (Å²) in [6.45, 7) is 0. The first kappa shape index (κ1) is 13.0. The molecule has 6 heteroatoms. The number of hydrogen-bond acceptors (Lipinski definition) is 4. The standard InChI is InChI=1S/C12H11ClN2O2S/c13-9-4-2-1-3-8(9)11-15-7(6-18-11)5-10(14)12(16)17/h1-4,6,10H,5,14H2,(H,16,17)/t10-/m1/s1. The third kappa shape index (κ3) is 2.87. The van der Waals surface area contributed by atoms with Crippen molar-refractivity contribution in [3.05, 3.63) is 40.4 Å². The first-order chi connectivity index (χ1) is 8.58. The van der Waals surface area contributed by atoms with Crippen molar-refractivity contribution < 1.29 is 9.90 Å². The number of rotatable bonds is 4. The van der Waals surface area contributed by atoms with Crippen molar-refractivity contribution in [3.8, 4) is 10.6 Å². The van der Waals surface area contributed by atoms with Crippen LogP contribution in [0, 0.1) is 0 Å². The quantitative estimate of drug-likeness (QED) is 0.903. The zero-order chi connectivity index (χ0) is 13.1. The Bertz CT molecular complexity index is 571. The number of benzene rings is 1. The van der Waals surface area contributed by atoms with Crippen molar-refractivity contribution in [1.29, 1.82) is 0 Å². The van der Waals surface area contributed by atoms with Crippen LogP contribution in [0.4, 0.5) is 0 Å². The first-order valence-corrected chi connectivity index (χ1v) is 6.51. The zero-order valence-electron chi connectivity index (χ0n) is 9.34. The molecule has 0 bridgehead atoms. The van der Waals surface area contributed by atoms with Gasteiger partial charge in [0, 0.05) is 17.4 Å². The molecule has 0 aliphatic heterocycles. The van der Waals surface area contributed by atoms with Gasteiger partial charge in [0.25, 0.3) is 0 Å². The smallest absolute Gasteiger partial charge is 0.320 e. The lowest BCUT2D eigenvalue weighted by molar-refractivity contribution is -0.138. The van der Waals surface area contributed by atoms with Crippen molar-refractivity contribution in [2.45, 2.75) is 12.5 Å². The second-order valence-corrected chi connectivity index (χ2v) is 5.04. The van der Waals surface area contributed by atoms with E-state index >= 15 is 0 Å². The Morgan fingerprint density at radius 2 is 2.22 bits per heavy atom. The van der Waals surface area contributed by atoms with Crippen LogP contribution < -0.4 is 5.73 Å². The Morgan fingerprint density at radius 1 is 1.50 bits per heavy atom. The highest BCUT2D eigenvalue weighted by Gasteiger charge is 2.15. The van der Waals surface area contributed by atoms with Crippen molar-refractivity contribution in [1.82, 2.24) is 4.98 Å². The van der Waals surface area contributed by atoms with E-state index in [9.17, 15) is 4.79 Å². The normalized spacial score (nSPS) is 12.3. The molecule has 0 fully saturated rings. The van der Waals surface area contributed by atoms with Crippen LogP contribution in [-0.4, -0.2) is 22.1 Å². The molecule has 18 heavy (non-hydrogen) atoms. The molecule has 2 aromatic rings. The number of nitrogens with zero attached hydrogens (tertiary/aromatic N) is 1. The minimum absolute atomic E-state index is 0.219. The lowest BCUT2D eigenvalue weighted by Crippen LogP contribution is -2.32. The number of nitrogens with two attached hydrogens (primary N) is 1. The van der Waals surface area contributed by atoms with Gasteiger partial charge in [-0.2, -0.15) is 0 Å². The van der Waals surface area contributed by atoms with Gasteiger partial charge in [-0.15, -0.1) is 11.3 Å². The summed E-state index contributed by atoms with van der Waals surface area (Å²) in [5.74, 6) is -1.03. The Morgan fingerprint density at radius 3 is 2.89 bits per heavy atom. The molecule has 0 amide bonds. The summed E-state index contributed by atoms with van der Waals surface area (Å²) < 4.78 is 0. The molecular formula is C12H11ClN2O2S. The maximum Gasteiger partial charge on any atom is 0.320 e. The van der Waals surface area contributed by atoms with E-state index in [2.05, 4.69) is 4.98 Å². The molecule has 2 rings (SSSR count). The fourth-order valence-electron chi connectivity index (χ4n) is 1.47. The van der Waals surface area contributed by atoms with Crippen LogP contribution in [0.15, 0.2) is 29.6 Å². The Hall–Kier alpha value is -1.43. The molecule has 1 heterocycles. The Balaban J connectivity index is 2.21. The summed E-state index contributed by atoms with van der Waals surface area (Å²) >= 11 is 7.50. The fraction of sp³-hybridized carbons (Fsp3) is 0.167. The van der Waals surface area contributed by atoms with Crippen molar-refractivity contribution in [2.24, 2.45) is 5.73 Å². The van der Waals surface area contributed by atoms with Crippen LogP contribution in [-0.2, 0) is 11.2 Å². The number of carboxylic acids is 1. The van der Waals surface area contributed by atoms with Gasteiger partial charge in [-0.05, 0) is 6.07 Å². The summed E-state index contributed by atoms with van der Waals surface area (Å²) in [5, 5.41) is 11.9. The lowest BCUT2D eigenvalue weighted by atomic mass is 10.2. The third-order valence-electron chi connectivity index (χ3n) is 2.40. The molecule has 0 aliphatic rings. The van der Waals surface area contributed by atoms with Gasteiger partial charge in [0.05, 0.1) is 10.7 Å². The largest absolute Gasteiger partial charge is 0.480 e. The van der Waals surface area contributed by atoms with Gasteiger partial charge in [0.1, 0.15) is 11.0 Å². The van der Waals surface area contributed by atoms with Crippen molar-refractivity contribution in [2.75, 3.05) is 0 Å². The molecule has 0 spiro atoms. The Kier molecular flexibility index (Phi) is 3.96. The van der Waals surface area contributed by atoms with Crippen molar-refractivity contribution >= 4 is 28.9 Å². The molecular weight excluding hydrogens is 272 g/mol. The van der Waals surface area contributed by atoms with Gasteiger partial charge in [-0.1, -0.05) is 29.8 Å². The highest BCUT2D eigenvalue weighted by molar-refractivity contribution is 7.13. The number of aliphatic carboxylic acids is 1. The topological polar surface area (TPSA) is 76.2 Å². The number of halogens is 1. The fourth-order valence-corrected chi connectivity index (χ4v) is 2.62. The monoisotopic (exact) mass is 282 g/mol. The Labute approximate surface area is 113 Å². The molecule has 0 aliphatic carbocycles. The minimum atomic E-state index is -1.03. The van der Waals surface area contributed by atoms with E-state index in [1.54, 1.807) is 6.07 Å². The maximum atomic E-state index is 10.7. The average molecular weight is 283 g/mol. The van der Waals surface area contributed by atoms with E-state index < -0.39 is 12.0 Å². The molecule has 1 aromatic carbocycles. The van der Waals surface area contributed by atoms with Crippen LogP contribution in [0.1, 0.15) is 5.69 Å². The lowest BCUT2D eigenvalue weighted by Gasteiger charge is -2.02. The molecule has 0 saturated heterocycles. The molecule has 0 unspecified atom stereocenters. The maximum absolute atomic E-state index is 10.7. The zero-order valence-corrected chi connectivity index (χ0v) is 10.9. The minimum Gasteiger partial charge on any atom is -0.480 e. The van der Waals surface area contributed by atoms with Crippen LogP contribution in [0.5, 0.6) is 0 Å². The number of hydrogen-bond donors (Lipinski definition) is 2. The van der Waals surface area contributed by atoms with Crippen LogP contribution >= 0.6 is 22.9 Å². The van der Waals surface area contributed by atoms with Gasteiger partial charge in [-0.25, -0.2) is 4.98 Å². The third-order valence-corrected chi connectivity index (χ3v) is 3.66. The first-order valence-electron chi connectivity index (χ1n) is 5.25. The summed E-state index contributed by atoms with van der Waals surface area (Å²) in [6, 6.07) is 6.47. The van der Waals surface area contributed by atoms with E-state index in [1.807, 2.05) is 23.6 Å². The predicted octanol–water partition coefficient (Wildman–Crippen LogP) is 2.42. The van der Waals surface area contributed by atoms with Gasteiger partial charge in [0.15, 0.2) is 0 Å². The van der Waals surface area contributed by atoms with Gasteiger partial charge in [0.2, 0.25) is 0 Å². The highest BCUT2D eigenvalue weighted by Crippen LogP contribution is 2.30. The molecule has 4 nitrogen and oxygen atoms in total. The number of carboxylic acid groups (broad SMARTS) is 1. The molecule has 1 atom stereocenters. The number of thiazole rings is 1. The van der Waals surface area contributed by atoms with Gasteiger partial charge in [-0.3, -0.25) is 4.79 Å². The summed E-state index contributed by atoms with van der Waals surface area (Å²) in [7, 11) is 0. The van der Waals surface area contributed by atoms with Gasteiger partial charge < -0.3 is 10.8 Å². The molecule has 94 valence electrons. The van der Waals surface area contributed by atoms with Crippen molar-refractivity contribution in [3.63, 3.8) is 0 Å². The average Bonchev–Trinajstić information content (AvgIpc) is 2.77. The SMILES string of the molecule is N[C@H](Cc1csc(-c2ccccc2Cl)n1)C(=O)O. The second-order valence-electron chi connectivity index (χ2n) is 3.77. The van der Waals surface area contributed by atoms with Crippen LogP contribution in [0.2, 0.25) is 5.02 Å². The summed E-state index contributed by atoms with van der Waals surface area (Å²) in [4.78, 5) is 15.0. The van der Waals surface area contributed by atoms with Crippen LogP contribution in [0.25, 0.3) is 10.6 Å². The molecule has 3 N–H and O–H groups in total. The number of carbonyl (C=O) groups is 1. The van der Waals surface area contributed by atoms with E-state index in [-0.39, 0.29) is 6.42 Å². The second kappa shape index (κ2) is 5.48. The summed E-state index contributed by atoms with van der Waals surface area (Å²) in [6.07, 6.45) is 0.219. The summed E-state index contributed by atoms with van der Waals surface area (Å²) in [5.41, 5.74) is 6.98. The number of aromatic nitrogens is 1. The highest BCUT2D eigenvalue weighted by atomic mass is 35.5.